The molecule has 0 spiro atoms. The molecule has 1 N–H and O–H groups in total. The van der Waals surface area contributed by atoms with Crippen LogP contribution < -0.4 is 0 Å². The van der Waals surface area contributed by atoms with E-state index in [9.17, 15) is 13.5 Å². The smallest absolute Gasteiger partial charge is 0.155 e. The van der Waals surface area contributed by atoms with Gasteiger partial charge in [0.25, 0.3) is 0 Å². The van der Waals surface area contributed by atoms with E-state index in [0.717, 1.165) is 5.69 Å². The molecule has 1 aromatic rings. The van der Waals surface area contributed by atoms with Gasteiger partial charge in [-0.25, -0.2) is 8.42 Å². The predicted octanol–water partition coefficient (Wildman–Crippen LogP) is -0.478. The van der Waals surface area contributed by atoms with Crippen LogP contribution in [0.15, 0.2) is 12.3 Å². The average Bonchev–Trinajstić information content (AvgIpc) is 2.55. The summed E-state index contributed by atoms with van der Waals surface area (Å²) in [6.07, 6.45) is 0.864. The van der Waals surface area contributed by atoms with E-state index in [1.807, 2.05) is 6.92 Å². The molecule has 0 amide bonds. The molecule has 14 heavy (non-hydrogen) atoms. The Morgan fingerprint density at radius 3 is 2.71 bits per heavy atom. The summed E-state index contributed by atoms with van der Waals surface area (Å²) in [5, 5.41) is 13.6. The first-order chi connectivity index (χ1) is 6.48. The van der Waals surface area contributed by atoms with Crippen LogP contribution in [-0.4, -0.2) is 40.9 Å². The van der Waals surface area contributed by atoms with Gasteiger partial charge in [0, 0.05) is 6.20 Å². The van der Waals surface area contributed by atoms with E-state index in [4.69, 9.17) is 0 Å². The fourth-order valence-electron chi connectivity index (χ4n) is 1.68. The van der Waals surface area contributed by atoms with Crippen LogP contribution in [0, 0.1) is 6.92 Å². The zero-order valence-corrected chi connectivity index (χ0v) is 8.61. The zero-order valence-electron chi connectivity index (χ0n) is 7.79. The molecule has 0 bridgehead atoms. The number of sulfone groups is 1. The molecular formula is C8H12N2O3S. The molecule has 5 nitrogen and oxygen atoms in total. The molecule has 2 unspecified atom stereocenters. The Morgan fingerprint density at radius 1 is 1.57 bits per heavy atom. The van der Waals surface area contributed by atoms with Gasteiger partial charge in [-0.15, -0.1) is 0 Å². The highest BCUT2D eigenvalue weighted by atomic mass is 32.2. The quantitative estimate of drug-likeness (QED) is 0.688. The van der Waals surface area contributed by atoms with Crippen molar-refractivity contribution in [1.29, 1.82) is 0 Å². The highest BCUT2D eigenvalue weighted by Crippen LogP contribution is 2.23. The number of aromatic nitrogens is 2. The number of nitrogens with zero attached hydrogens (tertiary/aromatic N) is 2. The maximum Gasteiger partial charge on any atom is 0.155 e. The second-order valence-corrected chi connectivity index (χ2v) is 5.80. The summed E-state index contributed by atoms with van der Waals surface area (Å²) in [5.41, 5.74) is 0.821. The predicted molar refractivity (Wildman–Crippen MR) is 50.7 cm³/mol. The lowest BCUT2D eigenvalue weighted by Gasteiger charge is -2.12. The number of aryl methyl sites for hydroxylation is 1. The van der Waals surface area contributed by atoms with Crippen LogP contribution in [0.4, 0.5) is 0 Å². The van der Waals surface area contributed by atoms with Gasteiger partial charge in [-0.1, -0.05) is 0 Å². The van der Waals surface area contributed by atoms with Crippen LogP contribution in [0.25, 0.3) is 0 Å². The second-order valence-electron chi connectivity index (χ2n) is 3.65. The lowest BCUT2D eigenvalue weighted by molar-refractivity contribution is 0.146. The van der Waals surface area contributed by atoms with E-state index < -0.39 is 22.0 Å². The molecule has 0 saturated carbocycles. The number of rotatable bonds is 1. The Labute approximate surface area is 82.3 Å². The topological polar surface area (TPSA) is 72.2 Å². The van der Waals surface area contributed by atoms with Gasteiger partial charge in [0.2, 0.25) is 0 Å². The summed E-state index contributed by atoms with van der Waals surface area (Å²) in [6, 6.07) is 1.37. The molecular weight excluding hydrogens is 204 g/mol. The highest BCUT2D eigenvalue weighted by Gasteiger charge is 2.37. The molecule has 0 aliphatic carbocycles. The van der Waals surface area contributed by atoms with E-state index in [0.29, 0.717) is 0 Å². The van der Waals surface area contributed by atoms with Gasteiger partial charge in [0.05, 0.1) is 29.3 Å². The number of aliphatic hydroxyl groups is 1. The van der Waals surface area contributed by atoms with E-state index in [1.165, 1.54) is 4.68 Å². The zero-order chi connectivity index (χ0) is 10.3. The Bertz CT molecular complexity index is 437. The van der Waals surface area contributed by atoms with Crippen molar-refractivity contribution in [3.05, 3.63) is 18.0 Å². The normalized spacial score (nSPS) is 30.7. The van der Waals surface area contributed by atoms with E-state index >= 15 is 0 Å². The van der Waals surface area contributed by atoms with Crippen molar-refractivity contribution < 1.29 is 13.5 Å². The Hall–Kier alpha value is -0.880. The molecule has 2 heterocycles. The van der Waals surface area contributed by atoms with E-state index in [1.54, 1.807) is 12.3 Å². The van der Waals surface area contributed by atoms with Crippen LogP contribution in [-0.2, 0) is 9.84 Å². The van der Waals surface area contributed by atoms with Crippen LogP contribution in [0.5, 0.6) is 0 Å². The summed E-state index contributed by atoms with van der Waals surface area (Å²) < 4.78 is 24.0. The standard InChI is InChI=1S/C8H12N2O3S/c1-6-2-3-10(9-6)7-4-14(12,13)5-8(7)11/h2-3,7-8,11H,4-5H2,1H3. The Kier molecular flexibility index (Phi) is 2.11. The fraction of sp³-hybridized carbons (Fsp3) is 0.625. The van der Waals surface area contributed by atoms with Gasteiger partial charge < -0.3 is 5.11 Å². The summed E-state index contributed by atoms with van der Waals surface area (Å²) in [7, 11) is -3.09. The highest BCUT2D eigenvalue weighted by molar-refractivity contribution is 7.91. The number of hydrogen-bond donors (Lipinski definition) is 1. The van der Waals surface area contributed by atoms with Gasteiger partial charge in [-0.05, 0) is 13.0 Å². The lowest BCUT2D eigenvalue weighted by Crippen LogP contribution is -2.22. The first-order valence-electron chi connectivity index (χ1n) is 4.38. The van der Waals surface area contributed by atoms with Crippen molar-refractivity contribution in [1.82, 2.24) is 9.78 Å². The Morgan fingerprint density at radius 2 is 2.29 bits per heavy atom. The van der Waals surface area contributed by atoms with Crippen molar-refractivity contribution in [2.75, 3.05) is 11.5 Å². The largest absolute Gasteiger partial charge is 0.390 e. The van der Waals surface area contributed by atoms with Crippen molar-refractivity contribution in [2.24, 2.45) is 0 Å². The maximum atomic E-state index is 11.2. The first kappa shape index (κ1) is 9.67. The molecule has 2 rings (SSSR count). The molecule has 1 aromatic heterocycles. The SMILES string of the molecule is Cc1ccn(C2CS(=O)(=O)CC2O)n1. The third-order valence-corrected chi connectivity index (χ3v) is 4.07. The lowest BCUT2D eigenvalue weighted by atomic mass is 10.2. The van der Waals surface area contributed by atoms with E-state index in [2.05, 4.69) is 5.10 Å². The molecule has 6 heteroatoms. The molecule has 1 fully saturated rings. The van der Waals surface area contributed by atoms with Crippen molar-refractivity contribution in [3.8, 4) is 0 Å². The minimum atomic E-state index is -3.09. The van der Waals surface area contributed by atoms with Gasteiger partial charge in [-0.3, -0.25) is 4.68 Å². The minimum absolute atomic E-state index is 0.0186. The number of hydrogen-bond acceptors (Lipinski definition) is 4. The van der Waals surface area contributed by atoms with Crippen molar-refractivity contribution in [2.45, 2.75) is 19.1 Å². The average molecular weight is 216 g/mol. The monoisotopic (exact) mass is 216 g/mol. The third-order valence-electron chi connectivity index (χ3n) is 2.38. The van der Waals surface area contributed by atoms with Crippen LogP contribution in [0.3, 0.4) is 0 Å². The molecule has 0 radical (unpaired) electrons. The van der Waals surface area contributed by atoms with Gasteiger partial charge in [0.15, 0.2) is 9.84 Å². The summed E-state index contributed by atoms with van der Waals surface area (Å²) in [4.78, 5) is 0. The van der Waals surface area contributed by atoms with Crippen molar-refractivity contribution in [3.63, 3.8) is 0 Å². The van der Waals surface area contributed by atoms with Crippen LogP contribution >= 0.6 is 0 Å². The second kappa shape index (κ2) is 3.06. The van der Waals surface area contributed by atoms with Gasteiger partial charge in [0.1, 0.15) is 0 Å². The fourth-order valence-corrected chi connectivity index (χ4v) is 3.45. The minimum Gasteiger partial charge on any atom is -0.390 e. The van der Waals surface area contributed by atoms with Gasteiger partial charge >= 0.3 is 0 Å². The maximum absolute atomic E-state index is 11.2. The molecule has 1 aliphatic heterocycles. The molecule has 78 valence electrons. The van der Waals surface area contributed by atoms with Gasteiger partial charge in [-0.2, -0.15) is 5.10 Å². The van der Waals surface area contributed by atoms with Crippen molar-refractivity contribution >= 4 is 9.84 Å². The number of aliphatic hydroxyl groups excluding tert-OH is 1. The molecule has 1 saturated heterocycles. The molecule has 0 aromatic carbocycles. The summed E-state index contributed by atoms with van der Waals surface area (Å²) in [5.74, 6) is -0.175. The third kappa shape index (κ3) is 1.67. The molecule has 1 aliphatic rings. The first-order valence-corrected chi connectivity index (χ1v) is 6.20. The molecule has 2 atom stereocenters. The summed E-state index contributed by atoms with van der Waals surface area (Å²) >= 11 is 0. The van der Waals surface area contributed by atoms with E-state index in [-0.39, 0.29) is 11.5 Å². The summed E-state index contributed by atoms with van der Waals surface area (Å²) in [6.45, 7) is 1.83. The van der Waals surface area contributed by atoms with Crippen LogP contribution in [0.1, 0.15) is 11.7 Å². The Balaban J connectivity index is 2.29. The van der Waals surface area contributed by atoms with Crippen LogP contribution in [0.2, 0.25) is 0 Å².